The number of carbonyl (C=O) groups is 2. The van der Waals surface area contributed by atoms with Crippen molar-refractivity contribution in [3.8, 4) is 5.75 Å². The molecule has 3 rings (SSSR count). The van der Waals surface area contributed by atoms with Gasteiger partial charge in [-0.1, -0.05) is 52.3 Å². The van der Waals surface area contributed by atoms with Crippen LogP contribution in [0.4, 0.5) is 0 Å². The highest BCUT2D eigenvalue weighted by Crippen LogP contribution is 2.24. The number of hydrazine groups is 1. The van der Waals surface area contributed by atoms with Gasteiger partial charge in [-0.05, 0) is 30.3 Å². The summed E-state index contributed by atoms with van der Waals surface area (Å²) in [5.74, 6) is -0.365. The molecule has 0 aliphatic heterocycles. The Balaban J connectivity index is 1.75. The molecule has 1 atom stereocenters. The summed E-state index contributed by atoms with van der Waals surface area (Å²) in [6.45, 7) is 0. The van der Waals surface area contributed by atoms with Gasteiger partial charge in [-0.3, -0.25) is 20.4 Å². The number of ether oxygens (including phenoxy) is 1. The van der Waals surface area contributed by atoms with Crippen molar-refractivity contribution in [1.82, 2.24) is 15.4 Å². The number of rotatable bonds is 5. The molecule has 6 nitrogen and oxygen atoms in total. The zero-order valence-electron chi connectivity index (χ0n) is 14.6. The SMILES string of the molecule is Cn1cccc1C(=O)NNC(=O)C(Oc1cccc(Br)c1)c1ccccc1. The normalized spacial score (nSPS) is 11.5. The maximum atomic E-state index is 12.7. The predicted molar refractivity (Wildman–Crippen MR) is 105 cm³/mol. The average molecular weight is 428 g/mol. The highest BCUT2D eigenvalue weighted by atomic mass is 79.9. The summed E-state index contributed by atoms with van der Waals surface area (Å²) in [6, 6.07) is 19.7. The summed E-state index contributed by atoms with van der Waals surface area (Å²) in [5, 5.41) is 0. The molecule has 0 aliphatic carbocycles. The van der Waals surface area contributed by atoms with Crippen molar-refractivity contribution in [2.45, 2.75) is 6.10 Å². The Morgan fingerprint density at radius 3 is 2.44 bits per heavy atom. The highest BCUT2D eigenvalue weighted by Gasteiger charge is 2.23. The Hall–Kier alpha value is -3.06. The molecule has 2 amide bonds. The van der Waals surface area contributed by atoms with Gasteiger partial charge in [0, 0.05) is 23.3 Å². The molecule has 1 unspecified atom stereocenters. The number of halogens is 1. The first kappa shape index (κ1) is 18.7. The number of carbonyl (C=O) groups excluding carboxylic acids is 2. The van der Waals surface area contributed by atoms with E-state index in [0.29, 0.717) is 17.0 Å². The van der Waals surface area contributed by atoms with E-state index in [1.165, 1.54) is 0 Å². The van der Waals surface area contributed by atoms with Crippen molar-refractivity contribution in [2.75, 3.05) is 0 Å². The predicted octanol–water partition coefficient (Wildman–Crippen LogP) is 3.37. The lowest BCUT2D eigenvalue weighted by Crippen LogP contribution is -2.45. The molecule has 27 heavy (non-hydrogen) atoms. The Labute approximate surface area is 165 Å². The molecule has 3 aromatic rings. The molecule has 0 saturated carbocycles. The molecule has 0 spiro atoms. The zero-order chi connectivity index (χ0) is 19.2. The fourth-order valence-corrected chi connectivity index (χ4v) is 2.90. The Kier molecular flexibility index (Phi) is 5.93. The largest absolute Gasteiger partial charge is 0.476 e. The molecule has 0 saturated heterocycles. The third-order valence-corrected chi connectivity index (χ3v) is 4.36. The van der Waals surface area contributed by atoms with Crippen LogP contribution in [0, 0.1) is 0 Å². The summed E-state index contributed by atoms with van der Waals surface area (Å²) in [4.78, 5) is 24.9. The Bertz CT molecular complexity index is 940. The zero-order valence-corrected chi connectivity index (χ0v) is 16.1. The topological polar surface area (TPSA) is 72.4 Å². The van der Waals surface area contributed by atoms with Gasteiger partial charge in [0.1, 0.15) is 11.4 Å². The smallest absolute Gasteiger partial charge is 0.286 e. The van der Waals surface area contributed by atoms with Crippen LogP contribution in [0.5, 0.6) is 5.75 Å². The average Bonchev–Trinajstić information content (AvgIpc) is 3.11. The highest BCUT2D eigenvalue weighted by molar-refractivity contribution is 9.10. The van der Waals surface area contributed by atoms with Gasteiger partial charge >= 0.3 is 0 Å². The monoisotopic (exact) mass is 427 g/mol. The molecular weight excluding hydrogens is 410 g/mol. The van der Waals surface area contributed by atoms with Crippen molar-refractivity contribution in [2.24, 2.45) is 7.05 Å². The third-order valence-electron chi connectivity index (χ3n) is 3.87. The van der Waals surface area contributed by atoms with Crippen LogP contribution in [-0.4, -0.2) is 16.4 Å². The lowest BCUT2D eigenvalue weighted by atomic mass is 10.1. The van der Waals surface area contributed by atoms with Gasteiger partial charge in [-0.2, -0.15) is 0 Å². The number of amides is 2. The number of hydrogen-bond donors (Lipinski definition) is 2. The summed E-state index contributed by atoms with van der Waals surface area (Å²) in [6.07, 6.45) is 0.828. The molecule has 138 valence electrons. The van der Waals surface area contributed by atoms with Gasteiger partial charge < -0.3 is 9.30 Å². The Morgan fingerprint density at radius 1 is 1.00 bits per heavy atom. The number of hydrogen-bond acceptors (Lipinski definition) is 3. The van der Waals surface area contributed by atoms with E-state index in [-0.39, 0.29) is 0 Å². The third kappa shape index (κ3) is 4.77. The van der Waals surface area contributed by atoms with Gasteiger partial charge in [-0.25, -0.2) is 0 Å². The number of nitrogens with zero attached hydrogens (tertiary/aromatic N) is 1. The van der Waals surface area contributed by atoms with E-state index in [1.807, 2.05) is 30.3 Å². The summed E-state index contributed by atoms with van der Waals surface area (Å²) in [5.41, 5.74) is 5.97. The van der Waals surface area contributed by atoms with Crippen LogP contribution in [0.2, 0.25) is 0 Å². The van der Waals surface area contributed by atoms with Crippen LogP contribution in [0.1, 0.15) is 22.2 Å². The standard InChI is InChI=1S/C20H18BrN3O3/c1-24-12-6-11-17(24)19(25)22-23-20(26)18(14-7-3-2-4-8-14)27-16-10-5-9-15(21)13-16/h2-13,18H,1H3,(H,22,25)(H,23,26). The second kappa shape index (κ2) is 8.55. The van der Waals surface area contributed by atoms with E-state index in [4.69, 9.17) is 4.74 Å². The van der Waals surface area contributed by atoms with Gasteiger partial charge in [0.2, 0.25) is 6.10 Å². The summed E-state index contributed by atoms with van der Waals surface area (Å²) < 4.78 is 8.39. The first-order valence-electron chi connectivity index (χ1n) is 8.23. The quantitative estimate of drug-likeness (QED) is 0.613. The maximum Gasteiger partial charge on any atom is 0.286 e. The summed E-state index contributed by atoms with van der Waals surface area (Å²) in [7, 11) is 1.75. The minimum Gasteiger partial charge on any atom is -0.476 e. The minimum absolute atomic E-state index is 0.412. The molecule has 1 heterocycles. The van der Waals surface area contributed by atoms with Gasteiger partial charge in [-0.15, -0.1) is 0 Å². The molecule has 0 fully saturated rings. The molecule has 2 N–H and O–H groups in total. The van der Waals surface area contributed by atoms with Crippen molar-refractivity contribution in [3.63, 3.8) is 0 Å². The lowest BCUT2D eigenvalue weighted by molar-refractivity contribution is -0.129. The second-order valence-corrected chi connectivity index (χ2v) is 6.73. The number of aryl methyl sites for hydroxylation is 1. The fourth-order valence-electron chi connectivity index (χ4n) is 2.52. The molecule has 0 aliphatic rings. The molecule has 7 heteroatoms. The van der Waals surface area contributed by atoms with Crippen LogP contribution >= 0.6 is 15.9 Å². The van der Waals surface area contributed by atoms with E-state index in [9.17, 15) is 9.59 Å². The second-order valence-electron chi connectivity index (χ2n) is 5.81. The van der Waals surface area contributed by atoms with Gasteiger partial charge in [0.05, 0.1) is 0 Å². The van der Waals surface area contributed by atoms with Gasteiger partial charge in [0.15, 0.2) is 0 Å². The van der Waals surface area contributed by atoms with E-state index in [1.54, 1.807) is 54.2 Å². The minimum atomic E-state index is -0.922. The fraction of sp³-hybridized carbons (Fsp3) is 0.100. The number of benzene rings is 2. The van der Waals surface area contributed by atoms with Crippen LogP contribution in [0.15, 0.2) is 77.4 Å². The number of aromatic nitrogens is 1. The van der Waals surface area contributed by atoms with E-state index < -0.39 is 17.9 Å². The molecule has 2 aromatic carbocycles. The first-order valence-corrected chi connectivity index (χ1v) is 9.02. The van der Waals surface area contributed by atoms with Crippen molar-refractivity contribution in [3.05, 3.63) is 88.7 Å². The lowest BCUT2D eigenvalue weighted by Gasteiger charge is -2.19. The van der Waals surface area contributed by atoms with Crippen LogP contribution in [0.25, 0.3) is 0 Å². The molecule has 0 radical (unpaired) electrons. The van der Waals surface area contributed by atoms with Gasteiger partial charge in [0.25, 0.3) is 11.8 Å². The van der Waals surface area contributed by atoms with Crippen molar-refractivity contribution >= 4 is 27.7 Å². The maximum absolute atomic E-state index is 12.7. The van der Waals surface area contributed by atoms with Crippen LogP contribution < -0.4 is 15.6 Å². The van der Waals surface area contributed by atoms with Crippen molar-refractivity contribution < 1.29 is 14.3 Å². The van der Waals surface area contributed by atoms with E-state index in [0.717, 1.165) is 4.47 Å². The first-order chi connectivity index (χ1) is 13.0. The van der Waals surface area contributed by atoms with Crippen LogP contribution in [-0.2, 0) is 11.8 Å². The molecule has 1 aromatic heterocycles. The van der Waals surface area contributed by atoms with Crippen LogP contribution in [0.3, 0.4) is 0 Å². The number of nitrogens with one attached hydrogen (secondary N) is 2. The summed E-state index contributed by atoms with van der Waals surface area (Å²) >= 11 is 3.38. The van der Waals surface area contributed by atoms with E-state index >= 15 is 0 Å². The Morgan fingerprint density at radius 2 is 1.78 bits per heavy atom. The molecular formula is C20H18BrN3O3. The molecule has 0 bridgehead atoms. The van der Waals surface area contributed by atoms with E-state index in [2.05, 4.69) is 26.8 Å². The van der Waals surface area contributed by atoms with Crippen molar-refractivity contribution in [1.29, 1.82) is 0 Å².